The zero-order valence-corrected chi connectivity index (χ0v) is 16.2. The fourth-order valence-electron chi connectivity index (χ4n) is 3.65. The summed E-state index contributed by atoms with van der Waals surface area (Å²) in [6.45, 7) is 0. The monoisotopic (exact) mass is 367 g/mol. The van der Waals surface area contributed by atoms with Crippen molar-refractivity contribution >= 4 is 7.94 Å². The third-order valence-corrected chi connectivity index (χ3v) is 7.74. The van der Waals surface area contributed by atoms with E-state index in [0.29, 0.717) is 0 Å². The Labute approximate surface area is 156 Å². The third-order valence-electron chi connectivity index (χ3n) is 4.71. The van der Waals surface area contributed by atoms with Crippen molar-refractivity contribution in [2.45, 2.75) is 5.16 Å². The summed E-state index contributed by atoms with van der Waals surface area (Å²) in [5.74, 6) is 0. The van der Waals surface area contributed by atoms with Crippen LogP contribution in [0.5, 0.6) is 0 Å². The minimum atomic E-state index is -2.85. The highest BCUT2D eigenvalue weighted by Gasteiger charge is 2.67. The SMILES string of the molecule is CO[P+](OC)(OC)C(c1ccccc1)(c1ccccc1)c1ccccc1. The summed E-state index contributed by atoms with van der Waals surface area (Å²) >= 11 is 0. The van der Waals surface area contributed by atoms with E-state index in [2.05, 4.69) is 36.4 Å². The Morgan fingerprint density at radius 3 is 1.00 bits per heavy atom. The first-order chi connectivity index (χ1) is 12.7. The van der Waals surface area contributed by atoms with E-state index in [1.165, 1.54) is 0 Å². The molecule has 3 rings (SSSR count). The van der Waals surface area contributed by atoms with E-state index in [1.54, 1.807) is 21.3 Å². The molecule has 0 unspecified atom stereocenters. The summed E-state index contributed by atoms with van der Waals surface area (Å²) < 4.78 is 18.1. The van der Waals surface area contributed by atoms with Crippen molar-refractivity contribution in [3.63, 3.8) is 0 Å². The molecule has 0 amide bonds. The van der Waals surface area contributed by atoms with E-state index in [-0.39, 0.29) is 0 Å². The molecule has 4 heteroatoms. The van der Waals surface area contributed by atoms with Gasteiger partial charge in [0.15, 0.2) is 0 Å². The zero-order valence-electron chi connectivity index (χ0n) is 15.3. The first-order valence-electron chi connectivity index (χ1n) is 8.48. The van der Waals surface area contributed by atoms with E-state index >= 15 is 0 Å². The molecular formula is C22H24O3P+. The second-order valence-electron chi connectivity index (χ2n) is 5.85. The van der Waals surface area contributed by atoms with Crippen molar-refractivity contribution in [3.8, 4) is 0 Å². The van der Waals surface area contributed by atoms with Crippen LogP contribution in [0.1, 0.15) is 16.7 Å². The van der Waals surface area contributed by atoms with Gasteiger partial charge in [-0.15, -0.1) is 0 Å². The maximum Gasteiger partial charge on any atom is 0.431 e. The first kappa shape index (κ1) is 18.8. The Morgan fingerprint density at radius 2 is 0.769 bits per heavy atom. The van der Waals surface area contributed by atoms with Gasteiger partial charge in [-0.3, -0.25) is 0 Å². The van der Waals surface area contributed by atoms with Crippen molar-refractivity contribution < 1.29 is 13.6 Å². The van der Waals surface area contributed by atoms with Crippen molar-refractivity contribution in [2.24, 2.45) is 0 Å². The average molecular weight is 367 g/mol. The molecule has 3 aromatic rings. The van der Waals surface area contributed by atoms with Crippen LogP contribution in [-0.4, -0.2) is 21.3 Å². The smallest absolute Gasteiger partial charge is 0.180 e. The summed E-state index contributed by atoms with van der Waals surface area (Å²) in [6.07, 6.45) is 0. The van der Waals surface area contributed by atoms with Gasteiger partial charge in [-0.2, -0.15) is 13.6 Å². The molecule has 0 atom stereocenters. The van der Waals surface area contributed by atoms with E-state index in [4.69, 9.17) is 13.6 Å². The summed E-state index contributed by atoms with van der Waals surface area (Å²) in [7, 11) is 2.13. The molecule has 0 N–H and O–H groups in total. The van der Waals surface area contributed by atoms with Crippen LogP contribution in [0, 0.1) is 0 Å². The third kappa shape index (κ3) is 2.87. The molecular weight excluding hydrogens is 343 g/mol. The molecule has 0 spiro atoms. The van der Waals surface area contributed by atoms with Gasteiger partial charge in [-0.25, -0.2) is 0 Å². The number of benzene rings is 3. The zero-order chi connectivity index (χ0) is 18.5. The highest BCUT2D eigenvalue weighted by atomic mass is 31.2. The summed E-state index contributed by atoms with van der Waals surface area (Å²) in [6, 6.07) is 30.9. The Morgan fingerprint density at radius 1 is 0.500 bits per heavy atom. The molecule has 26 heavy (non-hydrogen) atoms. The minimum absolute atomic E-state index is 0.713. The molecule has 0 radical (unpaired) electrons. The van der Waals surface area contributed by atoms with E-state index in [0.717, 1.165) is 16.7 Å². The van der Waals surface area contributed by atoms with Crippen molar-refractivity contribution in [1.82, 2.24) is 0 Å². The molecule has 0 saturated carbocycles. The van der Waals surface area contributed by atoms with E-state index in [1.807, 2.05) is 54.6 Å². The molecule has 0 aliphatic carbocycles. The molecule has 134 valence electrons. The van der Waals surface area contributed by atoms with Gasteiger partial charge < -0.3 is 0 Å². The summed E-state index contributed by atoms with van der Waals surface area (Å²) in [4.78, 5) is 0. The van der Waals surface area contributed by atoms with Crippen molar-refractivity contribution in [1.29, 1.82) is 0 Å². The predicted octanol–water partition coefficient (Wildman–Crippen LogP) is 5.68. The summed E-state index contributed by atoms with van der Waals surface area (Å²) in [5, 5.41) is -0.713. The van der Waals surface area contributed by atoms with Crippen LogP contribution >= 0.6 is 7.94 Å². The Balaban J connectivity index is 2.47. The van der Waals surface area contributed by atoms with Gasteiger partial charge >= 0.3 is 7.94 Å². The maximum atomic E-state index is 6.03. The van der Waals surface area contributed by atoms with Crippen molar-refractivity contribution in [2.75, 3.05) is 21.3 Å². The van der Waals surface area contributed by atoms with Crippen LogP contribution in [0.25, 0.3) is 0 Å². The lowest BCUT2D eigenvalue weighted by molar-refractivity contribution is 0.194. The molecule has 3 nitrogen and oxygen atoms in total. The van der Waals surface area contributed by atoms with Crippen LogP contribution in [0.3, 0.4) is 0 Å². The van der Waals surface area contributed by atoms with E-state index < -0.39 is 13.1 Å². The van der Waals surface area contributed by atoms with E-state index in [9.17, 15) is 0 Å². The topological polar surface area (TPSA) is 27.7 Å². The molecule has 0 aliphatic heterocycles. The van der Waals surface area contributed by atoms with Crippen LogP contribution in [0.2, 0.25) is 0 Å². The summed E-state index contributed by atoms with van der Waals surface area (Å²) in [5.41, 5.74) is 3.20. The fraction of sp³-hybridized carbons (Fsp3) is 0.182. The van der Waals surface area contributed by atoms with Gasteiger partial charge in [0, 0.05) is 16.7 Å². The molecule has 0 heterocycles. The van der Waals surface area contributed by atoms with Crippen LogP contribution in [-0.2, 0) is 18.7 Å². The van der Waals surface area contributed by atoms with Crippen LogP contribution < -0.4 is 0 Å². The number of rotatable bonds is 7. The van der Waals surface area contributed by atoms with Crippen LogP contribution in [0.15, 0.2) is 91.0 Å². The molecule has 0 aliphatic rings. The van der Waals surface area contributed by atoms with Gasteiger partial charge in [-0.05, 0) is 0 Å². The van der Waals surface area contributed by atoms with Gasteiger partial charge in [0.05, 0.1) is 21.3 Å². The average Bonchev–Trinajstić information content (AvgIpc) is 2.74. The Kier molecular flexibility index (Phi) is 5.85. The molecule has 0 bridgehead atoms. The number of hydrogen-bond donors (Lipinski definition) is 0. The highest BCUT2D eigenvalue weighted by molar-refractivity contribution is 7.63. The minimum Gasteiger partial charge on any atom is -0.180 e. The fourth-order valence-corrected chi connectivity index (χ4v) is 6.31. The second-order valence-corrected chi connectivity index (χ2v) is 8.61. The normalized spacial score (nSPS) is 12.1. The molecule has 0 aromatic heterocycles. The lowest BCUT2D eigenvalue weighted by Gasteiger charge is -2.38. The lowest BCUT2D eigenvalue weighted by atomic mass is 9.84. The molecule has 0 fully saturated rings. The second kappa shape index (κ2) is 8.11. The standard InChI is InChI=1S/C22H24O3P/c1-23-26(24-2,25-3)22(19-13-7-4-8-14-19,20-15-9-5-10-16-20)21-17-11-6-12-18-21/h4-18H,1-3H3/q+1. The van der Waals surface area contributed by atoms with Gasteiger partial charge in [0.25, 0.3) is 0 Å². The van der Waals surface area contributed by atoms with Gasteiger partial charge in [0.2, 0.25) is 5.16 Å². The highest BCUT2D eigenvalue weighted by Crippen LogP contribution is 2.78. The molecule has 3 aromatic carbocycles. The van der Waals surface area contributed by atoms with Crippen LogP contribution in [0.4, 0.5) is 0 Å². The lowest BCUT2D eigenvalue weighted by Crippen LogP contribution is -2.35. The maximum absolute atomic E-state index is 6.03. The van der Waals surface area contributed by atoms with Gasteiger partial charge in [0.1, 0.15) is 0 Å². The molecule has 0 saturated heterocycles. The Hall–Kier alpha value is -2.03. The largest absolute Gasteiger partial charge is 0.431 e. The first-order valence-corrected chi connectivity index (χ1v) is 10.0. The van der Waals surface area contributed by atoms with Crippen molar-refractivity contribution in [3.05, 3.63) is 108 Å². The quantitative estimate of drug-likeness (QED) is 0.397. The Bertz CT molecular complexity index is 698. The predicted molar refractivity (Wildman–Crippen MR) is 107 cm³/mol. The number of hydrogen-bond acceptors (Lipinski definition) is 3. The van der Waals surface area contributed by atoms with Gasteiger partial charge in [-0.1, -0.05) is 91.0 Å².